The molecule has 1 amide bonds. The number of nitrogens with one attached hydrogen (secondary N) is 2. The molecule has 21 heavy (non-hydrogen) atoms. The number of hydrogen-bond acceptors (Lipinski definition) is 4. The summed E-state index contributed by atoms with van der Waals surface area (Å²) in [7, 11) is 0. The van der Waals surface area contributed by atoms with Crippen LogP contribution in [0.15, 0.2) is 34.9 Å². The summed E-state index contributed by atoms with van der Waals surface area (Å²) in [5, 5.41) is 6.23. The second kappa shape index (κ2) is 5.69. The average molecular weight is 285 g/mol. The Hall–Kier alpha value is -2.14. The van der Waals surface area contributed by atoms with Crippen LogP contribution in [0.4, 0.5) is 0 Å². The zero-order valence-electron chi connectivity index (χ0n) is 12.2. The van der Waals surface area contributed by atoms with E-state index in [4.69, 9.17) is 4.42 Å². The van der Waals surface area contributed by atoms with E-state index in [1.165, 1.54) is 11.1 Å². The summed E-state index contributed by atoms with van der Waals surface area (Å²) in [5.74, 6) is 1.26. The zero-order chi connectivity index (χ0) is 14.8. The van der Waals surface area contributed by atoms with Gasteiger partial charge in [0.05, 0.1) is 12.2 Å². The predicted octanol–water partition coefficient (Wildman–Crippen LogP) is 1.87. The molecule has 5 heteroatoms. The second-order valence-electron chi connectivity index (χ2n) is 5.45. The first kappa shape index (κ1) is 13.8. The lowest BCUT2D eigenvalue weighted by molar-refractivity contribution is -0.124. The van der Waals surface area contributed by atoms with Gasteiger partial charge < -0.3 is 15.1 Å². The first-order chi connectivity index (χ1) is 10.1. The molecular formula is C16H19N3O2. The van der Waals surface area contributed by atoms with Crippen molar-refractivity contribution in [3.8, 4) is 0 Å². The van der Waals surface area contributed by atoms with E-state index in [1.807, 2.05) is 26.0 Å². The van der Waals surface area contributed by atoms with Crippen LogP contribution < -0.4 is 10.6 Å². The largest absolute Gasteiger partial charge is 0.444 e. The Morgan fingerprint density at radius 1 is 1.43 bits per heavy atom. The summed E-state index contributed by atoms with van der Waals surface area (Å²) >= 11 is 0. The Morgan fingerprint density at radius 2 is 2.19 bits per heavy atom. The number of carbonyl (C=O) groups is 1. The predicted molar refractivity (Wildman–Crippen MR) is 78.6 cm³/mol. The van der Waals surface area contributed by atoms with Crippen LogP contribution in [0.3, 0.4) is 0 Å². The highest BCUT2D eigenvalue weighted by molar-refractivity contribution is 5.82. The fourth-order valence-electron chi connectivity index (χ4n) is 2.59. The van der Waals surface area contributed by atoms with Gasteiger partial charge in [0.1, 0.15) is 11.8 Å². The first-order valence-electron chi connectivity index (χ1n) is 7.16. The molecule has 1 aliphatic rings. The Morgan fingerprint density at radius 3 is 2.90 bits per heavy atom. The van der Waals surface area contributed by atoms with Gasteiger partial charge in [0.25, 0.3) is 0 Å². The van der Waals surface area contributed by atoms with Crippen molar-refractivity contribution in [2.45, 2.75) is 38.9 Å². The maximum Gasteiger partial charge on any atom is 0.238 e. The minimum atomic E-state index is -0.231. The quantitative estimate of drug-likeness (QED) is 0.903. The van der Waals surface area contributed by atoms with Crippen molar-refractivity contribution >= 4 is 5.91 Å². The van der Waals surface area contributed by atoms with Crippen LogP contribution >= 0.6 is 0 Å². The van der Waals surface area contributed by atoms with Gasteiger partial charge in [0, 0.05) is 6.54 Å². The number of oxazole rings is 1. The highest BCUT2D eigenvalue weighted by Gasteiger charge is 2.25. The molecule has 110 valence electrons. The Kier molecular flexibility index (Phi) is 3.75. The lowest BCUT2D eigenvalue weighted by Crippen LogP contribution is -2.48. The van der Waals surface area contributed by atoms with E-state index in [9.17, 15) is 4.79 Å². The molecule has 2 aromatic rings. The van der Waals surface area contributed by atoms with E-state index in [0.717, 1.165) is 12.3 Å². The van der Waals surface area contributed by atoms with Crippen molar-refractivity contribution in [1.29, 1.82) is 0 Å². The van der Waals surface area contributed by atoms with Crippen molar-refractivity contribution in [1.82, 2.24) is 15.6 Å². The summed E-state index contributed by atoms with van der Waals surface area (Å²) in [6.45, 7) is 4.44. The molecule has 2 atom stereocenters. The molecular weight excluding hydrogens is 266 g/mol. The highest BCUT2D eigenvalue weighted by atomic mass is 16.4. The van der Waals surface area contributed by atoms with Gasteiger partial charge in [-0.2, -0.15) is 0 Å². The molecule has 2 N–H and O–H groups in total. The maximum absolute atomic E-state index is 12.4. The molecule has 0 saturated carbocycles. The molecule has 1 unspecified atom stereocenters. The van der Waals surface area contributed by atoms with E-state index < -0.39 is 0 Å². The van der Waals surface area contributed by atoms with Crippen LogP contribution in [-0.2, 0) is 17.8 Å². The molecule has 0 bridgehead atoms. The topological polar surface area (TPSA) is 67.2 Å². The molecule has 3 rings (SSSR count). The standard InChI is InChI=1S/C16H19N3O2/c1-10-8-18-16(21-10)11(2)19-15(20)14-7-12-5-3-4-6-13(12)9-17-14/h3-6,8,11,14,17H,7,9H2,1-2H3,(H,19,20)/t11?,14-/m1/s1. The third-order valence-electron chi connectivity index (χ3n) is 3.77. The fraction of sp³-hybridized carbons (Fsp3) is 0.375. The molecule has 2 heterocycles. The molecule has 0 radical (unpaired) electrons. The summed E-state index contributed by atoms with van der Waals surface area (Å²) in [5.41, 5.74) is 2.49. The van der Waals surface area contributed by atoms with E-state index in [2.05, 4.69) is 27.8 Å². The summed E-state index contributed by atoms with van der Waals surface area (Å²) in [4.78, 5) is 16.5. The van der Waals surface area contributed by atoms with Crippen LogP contribution in [0.2, 0.25) is 0 Å². The molecule has 0 saturated heterocycles. The van der Waals surface area contributed by atoms with Crippen LogP contribution in [-0.4, -0.2) is 16.9 Å². The maximum atomic E-state index is 12.4. The zero-order valence-corrected chi connectivity index (χ0v) is 12.2. The fourth-order valence-corrected chi connectivity index (χ4v) is 2.59. The van der Waals surface area contributed by atoms with Gasteiger partial charge in [-0.15, -0.1) is 0 Å². The van der Waals surface area contributed by atoms with Gasteiger partial charge >= 0.3 is 0 Å². The number of carbonyl (C=O) groups excluding carboxylic acids is 1. The van der Waals surface area contributed by atoms with E-state index in [0.29, 0.717) is 12.3 Å². The van der Waals surface area contributed by atoms with E-state index >= 15 is 0 Å². The smallest absolute Gasteiger partial charge is 0.238 e. The van der Waals surface area contributed by atoms with E-state index in [1.54, 1.807) is 6.20 Å². The van der Waals surface area contributed by atoms with Crippen molar-refractivity contribution < 1.29 is 9.21 Å². The van der Waals surface area contributed by atoms with Crippen LogP contribution in [0.1, 0.15) is 35.7 Å². The minimum Gasteiger partial charge on any atom is -0.444 e. The van der Waals surface area contributed by atoms with Crippen LogP contribution in [0.5, 0.6) is 0 Å². The lowest BCUT2D eigenvalue weighted by atomic mass is 9.95. The number of amides is 1. The van der Waals surface area contributed by atoms with Gasteiger partial charge in [-0.05, 0) is 31.4 Å². The monoisotopic (exact) mass is 285 g/mol. The molecule has 0 spiro atoms. The Balaban J connectivity index is 1.64. The number of fused-ring (bicyclic) bond motifs is 1. The van der Waals surface area contributed by atoms with Gasteiger partial charge in [-0.1, -0.05) is 24.3 Å². The highest BCUT2D eigenvalue weighted by Crippen LogP contribution is 2.17. The van der Waals surface area contributed by atoms with Gasteiger partial charge in [0.15, 0.2) is 0 Å². The number of nitrogens with zero attached hydrogens (tertiary/aromatic N) is 1. The van der Waals surface area contributed by atoms with Gasteiger partial charge in [-0.3, -0.25) is 4.79 Å². The molecule has 5 nitrogen and oxygen atoms in total. The Labute approximate surface area is 123 Å². The van der Waals surface area contributed by atoms with Gasteiger partial charge in [-0.25, -0.2) is 4.98 Å². The lowest BCUT2D eigenvalue weighted by Gasteiger charge is -2.26. The van der Waals surface area contributed by atoms with Crippen molar-refractivity contribution in [2.75, 3.05) is 0 Å². The first-order valence-corrected chi connectivity index (χ1v) is 7.16. The van der Waals surface area contributed by atoms with Crippen molar-refractivity contribution in [3.63, 3.8) is 0 Å². The summed E-state index contributed by atoms with van der Waals surface area (Å²) in [6, 6.07) is 7.76. The summed E-state index contributed by atoms with van der Waals surface area (Å²) < 4.78 is 5.44. The number of aryl methyl sites for hydroxylation is 1. The molecule has 1 aromatic heterocycles. The van der Waals surface area contributed by atoms with Crippen molar-refractivity contribution in [2.24, 2.45) is 0 Å². The minimum absolute atomic E-state index is 0.0205. The molecule has 0 aliphatic carbocycles. The number of rotatable bonds is 3. The number of aromatic nitrogens is 1. The average Bonchev–Trinajstić information content (AvgIpc) is 2.93. The van der Waals surface area contributed by atoms with E-state index in [-0.39, 0.29) is 18.0 Å². The summed E-state index contributed by atoms with van der Waals surface area (Å²) in [6.07, 6.45) is 2.37. The van der Waals surface area contributed by atoms with Crippen LogP contribution in [0, 0.1) is 6.92 Å². The normalized spacial score (nSPS) is 18.9. The van der Waals surface area contributed by atoms with Crippen LogP contribution in [0.25, 0.3) is 0 Å². The second-order valence-corrected chi connectivity index (χ2v) is 5.45. The molecule has 1 aromatic carbocycles. The number of benzene rings is 1. The van der Waals surface area contributed by atoms with Gasteiger partial charge in [0.2, 0.25) is 11.8 Å². The number of hydrogen-bond donors (Lipinski definition) is 2. The molecule has 1 aliphatic heterocycles. The van der Waals surface area contributed by atoms with Crippen molar-refractivity contribution in [3.05, 3.63) is 53.2 Å². The molecule has 0 fully saturated rings. The third-order valence-corrected chi connectivity index (χ3v) is 3.77. The third kappa shape index (κ3) is 2.97. The Bertz CT molecular complexity index is 650. The SMILES string of the molecule is Cc1cnc(C(C)NC(=O)[C@H]2Cc3ccccc3CN2)o1.